The molecule has 0 fully saturated rings. The average Bonchev–Trinajstić information content (AvgIpc) is 2.49. The predicted molar refractivity (Wildman–Crippen MR) is 52.7 cm³/mol. The van der Waals surface area contributed by atoms with Gasteiger partial charge in [-0.3, -0.25) is 5.10 Å². The van der Waals surface area contributed by atoms with Crippen LogP contribution in [0.15, 0.2) is 5.16 Å². The standard InChI is InChI=1S/C7H12ClN3O2S/c1-4(2)5(3)6-9-7(11-10-6)14(8,12)13/h4-5H,1-3H3,(H,9,10,11). The van der Waals surface area contributed by atoms with Crippen LogP contribution >= 0.6 is 10.7 Å². The zero-order valence-corrected chi connectivity index (χ0v) is 9.72. The first kappa shape index (κ1) is 11.5. The third kappa shape index (κ3) is 2.45. The molecular formula is C7H12ClN3O2S. The fourth-order valence-electron chi connectivity index (χ4n) is 0.887. The van der Waals surface area contributed by atoms with E-state index in [1.165, 1.54) is 0 Å². The maximum atomic E-state index is 10.9. The van der Waals surface area contributed by atoms with Crippen LogP contribution in [-0.4, -0.2) is 23.6 Å². The molecule has 1 atom stereocenters. The van der Waals surface area contributed by atoms with Gasteiger partial charge in [0.15, 0.2) is 0 Å². The Labute approximate surface area is 87.3 Å². The minimum absolute atomic E-state index is 0.120. The highest BCUT2D eigenvalue weighted by Crippen LogP contribution is 2.21. The van der Waals surface area contributed by atoms with Crippen LogP contribution in [-0.2, 0) is 9.05 Å². The molecule has 0 amide bonds. The van der Waals surface area contributed by atoms with Gasteiger partial charge in [0.2, 0.25) is 0 Å². The van der Waals surface area contributed by atoms with Gasteiger partial charge in [-0.2, -0.15) is 0 Å². The van der Waals surface area contributed by atoms with Crippen molar-refractivity contribution in [3.05, 3.63) is 5.82 Å². The molecule has 0 aliphatic heterocycles. The first-order valence-corrected chi connectivity index (χ1v) is 6.50. The first-order valence-electron chi connectivity index (χ1n) is 4.19. The van der Waals surface area contributed by atoms with Gasteiger partial charge in [-0.1, -0.05) is 20.8 Å². The molecule has 1 aromatic rings. The lowest BCUT2D eigenvalue weighted by molar-refractivity contribution is 0.511. The SMILES string of the molecule is CC(C)C(C)c1nc(S(=O)(=O)Cl)n[nH]1. The zero-order valence-electron chi connectivity index (χ0n) is 8.15. The molecule has 80 valence electrons. The lowest BCUT2D eigenvalue weighted by atomic mass is 9.98. The van der Waals surface area contributed by atoms with Crippen molar-refractivity contribution >= 4 is 19.7 Å². The molecule has 0 spiro atoms. The Bertz CT molecular complexity index is 412. The van der Waals surface area contributed by atoms with Crippen molar-refractivity contribution in [2.45, 2.75) is 31.8 Å². The van der Waals surface area contributed by atoms with E-state index in [0.717, 1.165) is 0 Å². The molecule has 0 saturated heterocycles. The highest BCUT2D eigenvalue weighted by atomic mass is 35.7. The van der Waals surface area contributed by atoms with Crippen molar-refractivity contribution in [2.24, 2.45) is 5.92 Å². The van der Waals surface area contributed by atoms with E-state index in [1.807, 2.05) is 20.8 Å². The normalized spacial score (nSPS) is 14.6. The average molecular weight is 238 g/mol. The summed E-state index contributed by atoms with van der Waals surface area (Å²) in [5.74, 6) is 1.02. The Morgan fingerprint density at radius 2 is 1.93 bits per heavy atom. The van der Waals surface area contributed by atoms with E-state index >= 15 is 0 Å². The highest BCUT2D eigenvalue weighted by molar-refractivity contribution is 8.13. The van der Waals surface area contributed by atoms with Crippen LogP contribution in [0.1, 0.15) is 32.5 Å². The molecule has 0 aromatic carbocycles. The van der Waals surface area contributed by atoms with Gasteiger partial charge in [-0.25, -0.2) is 13.4 Å². The maximum absolute atomic E-state index is 10.9. The van der Waals surface area contributed by atoms with Crippen LogP contribution in [0.4, 0.5) is 0 Å². The Morgan fingerprint density at radius 1 is 1.36 bits per heavy atom. The molecule has 7 heteroatoms. The Morgan fingerprint density at radius 3 is 2.29 bits per heavy atom. The third-order valence-electron chi connectivity index (χ3n) is 2.13. The van der Waals surface area contributed by atoms with Crippen LogP contribution in [0.5, 0.6) is 0 Å². The topological polar surface area (TPSA) is 75.7 Å². The molecule has 0 saturated carbocycles. The Balaban J connectivity index is 3.00. The van der Waals surface area contributed by atoms with Gasteiger partial charge in [-0.05, 0) is 5.92 Å². The lowest BCUT2D eigenvalue weighted by Crippen LogP contribution is -2.04. The minimum atomic E-state index is -3.82. The number of rotatable bonds is 3. The van der Waals surface area contributed by atoms with E-state index in [1.54, 1.807) is 0 Å². The molecule has 14 heavy (non-hydrogen) atoms. The van der Waals surface area contributed by atoms with E-state index in [0.29, 0.717) is 11.7 Å². The molecular weight excluding hydrogens is 226 g/mol. The smallest absolute Gasteiger partial charge is 0.262 e. The number of halogens is 1. The molecule has 5 nitrogen and oxygen atoms in total. The summed E-state index contributed by atoms with van der Waals surface area (Å²) < 4.78 is 21.7. The van der Waals surface area contributed by atoms with Gasteiger partial charge in [0.25, 0.3) is 14.2 Å². The summed E-state index contributed by atoms with van der Waals surface area (Å²) in [4.78, 5) is 3.82. The van der Waals surface area contributed by atoms with Crippen molar-refractivity contribution in [1.29, 1.82) is 0 Å². The van der Waals surface area contributed by atoms with Gasteiger partial charge in [-0.15, -0.1) is 5.10 Å². The minimum Gasteiger partial charge on any atom is -0.262 e. The van der Waals surface area contributed by atoms with Crippen LogP contribution in [0.3, 0.4) is 0 Å². The van der Waals surface area contributed by atoms with Gasteiger partial charge in [0.05, 0.1) is 0 Å². The Kier molecular flexibility index (Phi) is 3.16. The maximum Gasteiger partial charge on any atom is 0.298 e. The van der Waals surface area contributed by atoms with Crippen molar-refractivity contribution in [3.63, 3.8) is 0 Å². The molecule has 1 N–H and O–H groups in total. The van der Waals surface area contributed by atoms with E-state index in [2.05, 4.69) is 15.2 Å². The third-order valence-corrected chi connectivity index (χ3v) is 3.16. The quantitative estimate of drug-likeness (QED) is 0.809. The second-order valence-corrected chi connectivity index (χ2v) is 5.93. The molecule has 1 heterocycles. The highest BCUT2D eigenvalue weighted by Gasteiger charge is 2.20. The molecule has 0 aliphatic carbocycles. The summed E-state index contributed by atoms with van der Waals surface area (Å²) in [6.07, 6.45) is 0. The summed E-state index contributed by atoms with van der Waals surface area (Å²) in [6, 6.07) is 0. The number of aromatic amines is 1. The number of nitrogens with one attached hydrogen (secondary N) is 1. The van der Waals surface area contributed by atoms with E-state index in [4.69, 9.17) is 10.7 Å². The second-order valence-electron chi connectivity index (χ2n) is 3.47. The van der Waals surface area contributed by atoms with E-state index < -0.39 is 9.05 Å². The van der Waals surface area contributed by atoms with Gasteiger partial charge in [0, 0.05) is 16.6 Å². The molecule has 1 aromatic heterocycles. The van der Waals surface area contributed by atoms with Crippen molar-refractivity contribution in [1.82, 2.24) is 15.2 Å². The zero-order chi connectivity index (χ0) is 10.9. The first-order chi connectivity index (χ1) is 6.32. The number of hydrogen-bond acceptors (Lipinski definition) is 4. The van der Waals surface area contributed by atoms with E-state index in [9.17, 15) is 8.42 Å². The van der Waals surface area contributed by atoms with Crippen molar-refractivity contribution < 1.29 is 8.42 Å². The van der Waals surface area contributed by atoms with Crippen molar-refractivity contribution in [3.8, 4) is 0 Å². The molecule has 0 aliphatic rings. The number of aromatic nitrogens is 3. The summed E-state index contributed by atoms with van der Waals surface area (Å²) in [6.45, 7) is 5.97. The van der Waals surface area contributed by atoms with Crippen LogP contribution in [0.2, 0.25) is 0 Å². The summed E-state index contributed by atoms with van der Waals surface area (Å²) >= 11 is 0. The van der Waals surface area contributed by atoms with Gasteiger partial charge in [0.1, 0.15) is 5.82 Å². The molecule has 0 bridgehead atoms. The Hall–Kier alpha value is -0.620. The second kappa shape index (κ2) is 3.86. The molecule has 1 rings (SSSR count). The number of hydrogen-bond donors (Lipinski definition) is 1. The van der Waals surface area contributed by atoms with E-state index in [-0.39, 0.29) is 11.1 Å². The summed E-state index contributed by atoms with van der Waals surface area (Å²) in [7, 11) is 1.26. The number of nitrogens with zero attached hydrogens (tertiary/aromatic N) is 2. The predicted octanol–water partition coefficient (Wildman–Crippen LogP) is 1.49. The largest absolute Gasteiger partial charge is 0.298 e. The summed E-state index contributed by atoms with van der Waals surface area (Å²) in [5.41, 5.74) is 0. The van der Waals surface area contributed by atoms with Crippen LogP contribution in [0.25, 0.3) is 0 Å². The fourth-order valence-corrected chi connectivity index (χ4v) is 1.46. The van der Waals surface area contributed by atoms with Crippen molar-refractivity contribution in [2.75, 3.05) is 0 Å². The van der Waals surface area contributed by atoms with Crippen LogP contribution < -0.4 is 0 Å². The molecule has 0 radical (unpaired) electrons. The monoisotopic (exact) mass is 237 g/mol. The summed E-state index contributed by atoms with van der Waals surface area (Å²) in [5, 5.41) is 5.74. The molecule has 1 unspecified atom stereocenters. The lowest BCUT2D eigenvalue weighted by Gasteiger charge is -2.10. The van der Waals surface area contributed by atoms with Gasteiger partial charge >= 0.3 is 0 Å². The van der Waals surface area contributed by atoms with Crippen LogP contribution in [0, 0.1) is 5.92 Å². The van der Waals surface area contributed by atoms with Gasteiger partial charge < -0.3 is 0 Å². The number of H-pyrrole nitrogens is 1. The fraction of sp³-hybridized carbons (Fsp3) is 0.714.